The second-order valence-corrected chi connectivity index (χ2v) is 10.9. The van der Waals surface area contributed by atoms with Crippen molar-refractivity contribution in [3.63, 3.8) is 0 Å². The van der Waals surface area contributed by atoms with Gasteiger partial charge in [-0.1, -0.05) is 22.9 Å². The lowest BCUT2D eigenvalue weighted by molar-refractivity contribution is -0.140. The fraction of sp³-hybridized carbons (Fsp3) is 0.842. The van der Waals surface area contributed by atoms with E-state index in [2.05, 4.69) is 26.6 Å². The summed E-state index contributed by atoms with van der Waals surface area (Å²) in [7, 11) is 0. The Labute approximate surface area is 178 Å². The van der Waals surface area contributed by atoms with Gasteiger partial charge in [-0.25, -0.2) is 0 Å². The first-order valence-electron chi connectivity index (χ1n) is 10.1. The number of hydrogen-bond donors (Lipinski definition) is 3. The van der Waals surface area contributed by atoms with Crippen molar-refractivity contribution >= 4 is 45.4 Å². The molecule has 3 fully saturated rings. The lowest BCUT2D eigenvalue weighted by Gasteiger charge is -2.35. The van der Waals surface area contributed by atoms with Crippen LogP contribution in [-0.2, 0) is 14.4 Å². The number of hydrogen-bond acceptors (Lipinski definition) is 5. The van der Waals surface area contributed by atoms with Gasteiger partial charge in [0.2, 0.25) is 17.7 Å². The van der Waals surface area contributed by atoms with E-state index >= 15 is 0 Å². The van der Waals surface area contributed by atoms with Crippen LogP contribution in [0.1, 0.15) is 40.0 Å². The summed E-state index contributed by atoms with van der Waals surface area (Å²) in [5.41, 5.74) is 0. The van der Waals surface area contributed by atoms with E-state index in [4.69, 9.17) is 0 Å². The highest BCUT2D eigenvalue weighted by molar-refractivity contribution is 9.09. The number of carbonyl (C=O) groups excluding carboxylic acids is 3. The van der Waals surface area contributed by atoms with Gasteiger partial charge in [0.15, 0.2) is 0 Å². The summed E-state index contributed by atoms with van der Waals surface area (Å²) in [5.74, 6) is -1.30. The number of aliphatic hydroxyl groups excluding tert-OH is 1. The van der Waals surface area contributed by atoms with E-state index in [1.807, 2.05) is 20.8 Å². The standard InChI is InChI=1S/C19H30BrN3O4S/c1-4-6-21-16(25)12-13-18(27)23(7-5-8-24)15(17(26)22-10(2)3)19(13)9-11(20)14(12)28-19/h10-15,24H,4-9H2,1-3H3,(H,21,25)(H,22,26)/t11?,12-,13+,14-,15?,19?/m1/s1. The number of halogens is 1. The first kappa shape index (κ1) is 21.9. The second kappa shape index (κ2) is 8.52. The summed E-state index contributed by atoms with van der Waals surface area (Å²) >= 11 is 5.36. The van der Waals surface area contributed by atoms with Crippen LogP contribution in [0.2, 0.25) is 0 Å². The van der Waals surface area contributed by atoms with Crippen molar-refractivity contribution in [1.29, 1.82) is 0 Å². The van der Waals surface area contributed by atoms with Gasteiger partial charge >= 0.3 is 0 Å². The summed E-state index contributed by atoms with van der Waals surface area (Å²) in [6.45, 7) is 6.65. The Hall–Kier alpha value is -0.800. The van der Waals surface area contributed by atoms with Crippen molar-refractivity contribution in [3.05, 3.63) is 0 Å². The first-order chi connectivity index (χ1) is 13.3. The molecule has 3 amide bonds. The molecular weight excluding hydrogens is 446 g/mol. The van der Waals surface area contributed by atoms with Gasteiger partial charge in [0.1, 0.15) is 6.04 Å². The van der Waals surface area contributed by atoms with Crippen LogP contribution in [0.5, 0.6) is 0 Å². The van der Waals surface area contributed by atoms with Crippen molar-refractivity contribution in [3.8, 4) is 0 Å². The van der Waals surface area contributed by atoms with Crippen LogP contribution < -0.4 is 10.6 Å². The molecule has 3 rings (SSSR count). The summed E-state index contributed by atoms with van der Waals surface area (Å²) in [5, 5.41) is 15.2. The van der Waals surface area contributed by atoms with Crippen LogP contribution in [0.25, 0.3) is 0 Å². The number of nitrogens with one attached hydrogen (secondary N) is 2. The third kappa shape index (κ3) is 3.47. The predicted octanol–water partition coefficient (Wildman–Crippen LogP) is 0.884. The minimum absolute atomic E-state index is 0.0138. The maximum Gasteiger partial charge on any atom is 0.244 e. The van der Waals surface area contributed by atoms with Crippen LogP contribution in [0.4, 0.5) is 0 Å². The smallest absolute Gasteiger partial charge is 0.244 e. The molecule has 1 spiro atoms. The Morgan fingerprint density at radius 1 is 1.39 bits per heavy atom. The number of aliphatic hydroxyl groups is 1. The highest BCUT2D eigenvalue weighted by Crippen LogP contribution is 2.67. The zero-order valence-corrected chi connectivity index (χ0v) is 19.0. The van der Waals surface area contributed by atoms with Crippen molar-refractivity contribution in [2.75, 3.05) is 19.7 Å². The molecule has 6 atom stereocenters. The normalized spacial score (nSPS) is 36.1. The molecule has 9 heteroatoms. The topological polar surface area (TPSA) is 98.7 Å². The van der Waals surface area contributed by atoms with Gasteiger partial charge in [0.05, 0.1) is 16.6 Å². The minimum atomic E-state index is -0.613. The number of rotatable bonds is 8. The van der Waals surface area contributed by atoms with E-state index in [-0.39, 0.29) is 40.4 Å². The molecule has 3 aliphatic rings. The molecular formula is C19H30BrN3O4S. The molecule has 7 nitrogen and oxygen atoms in total. The monoisotopic (exact) mass is 475 g/mol. The second-order valence-electron chi connectivity index (χ2n) is 8.23. The van der Waals surface area contributed by atoms with Crippen LogP contribution in [0.15, 0.2) is 0 Å². The maximum atomic E-state index is 13.4. The van der Waals surface area contributed by atoms with Crippen LogP contribution in [0.3, 0.4) is 0 Å². The SMILES string of the molecule is CCCNC(=O)[C@H]1[C@@H]2SC3(CC2Br)C(C(=O)NC(C)C)N(CCCO)C(=O)[C@H]13. The molecule has 158 valence electrons. The Morgan fingerprint density at radius 2 is 2.11 bits per heavy atom. The van der Waals surface area contributed by atoms with Crippen LogP contribution in [-0.4, -0.2) is 74.3 Å². The van der Waals surface area contributed by atoms with E-state index in [1.54, 1.807) is 16.7 Å². The molecule has 28 heavy (non-hydrogen) atoms. The molecule has 0 aromatic carbocycles. The third-order valence-corrected chi connectivity index (χ3v) is 9.10. The van der Waals surface area contributed by atoms with E-state index < -0.39 is 22.6 Å². The lowest BCUT2D eigenvalue weighted by Crippen LogP contribution is -2.55. The molecule has 3 heterocycles. The van der Waals surface area contributed by atoms with Crippen molar-refractivity contribution in [2.45, 2.75) is 66.9 Å². The minimum Gasteiger partial charge on any atom is -0.396 e. The van der Waals surface area contributed by atoms with Crippen molar-refractivity contribution in [2.24, 2.45) is 11.8 Å². The van der Waals surface area contributed by atoms with Crippen LogP contribution >= 0.6 is 27.7 Å². The first-order valence-corrected chi connectivity index (χ1v) is 11.9. The molecule has 3 N–H and O–H groups in total. The van der Waals surface area contributed by atoms with Gasteiger partial charge in [-0.3, -0.25) is 14.4 Å². The van der Waals surface area contributed by atoms with Crippen molar-refractivity contribution in [1.82, 2.24) is 15.5 Å². The largest absolute Gasteiger partial charge is 0.396 e. The molecule has 3 saturated heterocycles. The average molecular weight is 476 g/mol. The van der Waals surface area contributed by atoms with Gasteiger partial charge < -0.3 is 20.6 Å². The fourth-order valence-corrected chi connectivity index (χ4v) is 8.55. The molecule has 0 radical (unpaired) electrons. The summed E-state index contributed by atoms with van der Waals surface area (Å²) in [4.78, 5) is 41.2. The highest BCUT2D eigenvalue weighted by Gasteiger charge is 2.75. The summed E-state index contributed by atoms with van der Waals surface area (Å²) < 4.78 is -0.599. The predicted molar refractivity (Wildman–Crippen MR) is 112 cm³/mol. The van der Waals surface area contributed by atoms with Gasteiger partial charge in [0, 0.05) is 35.8 Å². The third-order valence-electron chi connectivity index (χ3n) is 5.88. The van der Waals surface area contributed by atoms with Gasteiger partial charge in [-0.05, 0) is 33.1 Å². The number of amides is 3. The lowest BCUT2D eigenvalue weighted by atomic mass is 9.70. The van der Waals surface area contributed by atoms with Crippen LogP contribution in [0, 0.1) is 11.8 Å². The number of alkyl halides is 1. The average Bonchev–Trinajstić information content (AvgIpc) is 3.21. The van der Waals surface area contributed by atoms with E-state index in [0.29, 0.717) is 25.9 Å². The number of thioether (sulfide) groups is 1. The number of fused-ring (bicyclic) bond motifs is 1. The zero-order valence-electron chi connectivity index (χ0n) is 16.6. The molecule has 3 aliphatic heterocycles. The Kier molecular flexibility index (Phi) is 6.66. The molecule has 0 aromatic heterocycles. The van der Waals surface area contributed by atoms with E-state index in [1.165, 1.54) is 0 Å². The molecule has 0 aromatic rings. The Balaban J connectivity index is 1.97. The summed E-state index contributed by atoms with van der Waals surface area (Å²) in [6, 6.07) is -0.650. The fourth-order valence-electron chi connectivity index (χ4n) is 4.94. The quantitative estimate of drug-likeness (QED) is 0.452. The van der Waals surface area contributed by atoms with E-state index in [0.717, 1.165) is 6.42 Å². The number of carbonyl (C=O) groups is 3. The number of likely N-dealkylation sites (tertiary alicyclic amines) is 1. The Bertz CT molecular complexity index is 649. The van der Waals surface area contributed by atoms with E-state index in [9.17, 15) is 19.5 Å². The molecule has 0 aliphatic carbocycles. The zero-order chi connectivity index (χ0) is 20.6. The van der Waals surface area contributed by atoms with Gasteiger partial charge in [-0.2, -0.15) is 0 Å². The van der Waals surface area contributed by atoms with Gasteiger partial charge in [0.25, 0.3) is 0 Å². The molecule has 2 bridgehead atoms. The van der Waals surface area contributed by atoms with Gasteiger partial charge in [-0.15, -0.1) is 11.8 Å². The van der Waals surface area contributed by atoms with Crippen molar-refractivity contribution < 1.29 is 19.5 Å². The molecule has 3 unspecified atom stereocenters. The highest BCUT2D eigenvalue weighted by atomic mass is 79.9. The summed E-state index contributed by atoms with van der Waals surface area (Å²) in [6.07, 6.45) is 1.93. The molecule has 0 saturated carbocycles. The Morgan fingerprint density at radius 3 is 2.71 bits per heavy atom. The maximum absolute atomic E-state index is 13.4. The number of nitrogens with zero attached hydrogens (tertiary/aromatic N) is 1.